The molecule has 1 aliphatic heterocycles. The van der Waals surface area contributed by atoms with Crippen molar-refractivity contribution in [3.8, 4) is 0 Å². The van der Waals surface area contributed by atoms with Gasteiger partial charge in [-0.25, -0.2) is 0 Å². The van der Waals surface area contributed by atoms with Crippen molar-refractivity contribution in [3.63, 3.8) is 0 Å². The number of nitrogens with one attached hydrogen (secondary N) is 2. The summed E-state index contributed by atoms with van der Waals surface area (Å²) in [4.78, 5) is 25.0. The average Bonchev–Trinajstić information content (AvgIpc) is 2.56. The van der Waals surface area contributed by atoms with Crippen molar-refractivity contribution in [2.45, 2.75) is 39.3 Å². The van der Waals surface area contributed by atoms with Crippen LogP contribution in [0.4, 0.5) is 17.1 Å². The van der Waals surface area contributed by atoms with Gasteiger partial charge in [-0.2, -0.15) is 0 Å². The fraction of sp³-hybridized carbons (Fsp3) is 0.300. The van der Waals surface area contributed by atoms with Crippen LogP contribution in [0.1, 0.15) is 38.8 Å². The van der Waals surface area contributed by atoms with Crippen LogP contribution in [0, 0.1) is 0 Å². The summed E-state index contributed by atoms with van der Waals surface area (Å²) in [5.74, 6) is -0.0705. The first-order chi connectivity index (χ1) is 12.3. The van der Waals surface area contributed by atoms with Gasteiger partial charge in [-0.1, -0.05) is 11.6 Å². The molecule has 3 rings (SSSR count). The minimum Gasteiger partial charge on any atom is -0.378 e. The molecule has 1 aliphatic rings. The van der Waals surface area contributed by atoms with E-state index in [4.69, 9.17) is 11.6 Å². The summed E-state index contributed by atoms with van der Waals surface area (Å²) in [5.41, 5.74) is 3.61. The largest absolute Gasteiger partial charge is 0.378 e. The topological polar surface area (TPSA) is 61.4 Å². The molecular weight excluding hydrogens is 350 g/mol. The van der Waals surface area contributed by atoms with E-state index in [1.54, 1.807) is 6.92 Å². The number of fused-ring (bicyclic) bond motifs is 1. The van der Waals surface area contributed by atoms with Gasteiger partial charge < -0.3 is 15.5 Å². The van der Waals surface area contributed by atoms with Crippen LogP contribution < -0.4 is 15.5 Å². The molecule has 136 valence electrons. The van der Waals surface area contributed by atoms with Gasteiger partial charge in [-0.3, -0.25) is 9.59 Å². The molecule has 0 aromatic heterocycles. The number of nitrogens with zero attached hydrogens (tertiary/aromatic N) is 1. The Morgan fingerprint density at radius 3 is 2.35 bits per heavy atom. The summed E-state index contributed by atoms with van der Waals surface area (Å²) in [6.07, 6.45) is 0.778. The quantitative estimate of drug-likeness (QED) is 0.829. The molecule has 2 unspecified atom stereocenters. The van der Waals surface area contributed by atoms with Crippen LogP contribution in [0.5, 0.6) is 0 Å². The summed E-state index contributed by atoms with van der Waals surface area (Å²) in [6, 6.07) is 13.3. The van der Waals surface area contributed by atoms with Crippen LogP contribution in [0.3, 0.4) is 0 Å². The second-order valence-corrected chi connectivity index (χ2v) is 7.07. The monoisotopic (exact) mass is 371 g/mol. The van der Waals surface area contributed by atoms with Crippen molar-refractivity contribution in [2.24, 2.45) is 0 Å². The zero-order valence-corrected chi connectivity index (χ0v) is 15.8. The molecule has 2 amide bonds. The summed E-state index contributed by atoms with van der Waals surface area (Å²) in [5, 5.41) is 6.93. The molecule has 2 atom stereocenters. The van der Waals surface area contributed by atoms with Gasteiger partial charge in [-0.15, -0.1) is 0 Å². The van der Waals surface area contributed by atoms with E-state index in [0.29, 0.717) is 5.02 Å². The number of amides is 2. The summed E-state index contributed by atoms with van der Waals surface area (Å²) >= 11 is 6.21. The Morgan fingerprint density at radius 1 is 1.08 bits per heavy atom. The molecule has 1 heterocycles. The SMILES string of the molecule is CC(=O)Nc1ccc(NC2CC(C)N(C(C)=O)c3ccc(Cl)cc32)cc1. The first-order valence-electron chi connectivity index (χ1n) is 8.58. The van der Waals surface area contributed by atoms with Crippen LogP contribution in [-0.2, 0) is 9.59 Å². The molecule has 0 saturated heterocycles. The number of carbonyl (C=O) groups is 2. The molecular formula is C20H22ClN3O2. The molecule has 2 aromatic carbocycles. The van der Waals surface area contributed by atoms with E-state index in [1.165, 1.54) is 6.92 Å². The zero-order valence-electron chi connectivity index (χ0n) is 15.0. The number of benzene rings is 2. The minimum absolute atomic E-state index is 0.0270. The van der Waals surface area contributed by atoms with Crippen LogP contribution in [0.2, 0.25) is 5.02 Å². The average molecular weight is 372 g/mol. The maximum absolute atomic E-state index is 12.1. The van der Waals surface area contributed by atoms with E-state index in [1.807, 2.05) is 54.3 Å². The zero-order chi connectivity index (χ0) is 18.8. The summed E-state index contributed by atoms with van der Waals surface area (Å²) in [7, 11) is 0. The highest BCUT2D eigenvalue weighted by molar-refractivity contribution is 6.30. The first kappa shape index (κ1) is 18.3. The molecule has 0 aliphatic carbocycles. The lowest BCUT2D eigenvalue weighted by molar-refractivity contribution is -0.117. The van der Waals surface area contributed by atoms with Crippen molar-refractivity contribution in [1.82, 2.24) is 0 Å². The van der Waals surface area contributed by atoms with E-state index in [0.717, 1.165) is 29.0 Å². The van der Waals surface area contributed by atoms with E-state index in [9.17, 15) is 9.59 Å². The maximum atomic E-state index is 12.1. The fourth-order valence-corrected chi connectivity index (χ4v) is 3.69. The highest BCUT2D eigenvalue weighted by Crippen LogP contribution is 2.40. The number of hydrogen-bond acceptors (Lipinski definition) is 3. The normalized spacial score (nSPS) is 18.8. The van der Waals surface area contributed by atoms with Gasteiger partial charge in [0, 0.05) is 42.0 Å². The fourth-order valence-electron chi connectivity index (χ4n) is 3.51. The third kappa shape index (κ3) is 3.83. The smallest absolute Gasteiger partial charge is 0.224 e. The Kier molecular flexibility index (Phi) is 5.18. The molecule has 0 fully saturated rings. The van der Waals surface area contributed by atoms with Crippen LogP contribution in [-0.4, -0.2) is 17.9 Å². The molecule has 5 nitrogen and oxygen atoms in total. The molecule has 0 radical (unpaired) electrons. The molecule has 26 heavy (non-hydrogen) atoms. The standard InChI is InChI=1S/C20H22ClN3O2/c1-12-10-19(23-17-7-5-16(6-8-17)22-13(2)25)18-11-15(21)4-9-20(18)24(12)14(3)26/h4-9,11-12,19,23H,10H2,1-3H3,(H,22,25). The first-order valence-corrected chi connectivity index (χ1v) is 8.96. The highest BCUT2D eigenvalue weighted by Gasteiger charge is 2.32. The number of halogens is 1. The minimum atomic E-state index is -0.0975. The van der Waals surface area contributed by atoms with Crippen molar-refractivity contribution < 1.29 is 9.59 Å². The lowest BCUT2D eigenvalue weighted by Crippen LogP contribution is -2.43. The Hall–Kier alpha value is -2.53. The van der Waals surface area contributed by atoms with Crippen LogP contribution in [0.15, 0.2) is 42.5 Å². The Labute approximate surface area is 158 Å². The van der Waals surface area contributed by atoms with Crippen LogP contribution >= 0.6 is 11.6 Å². The van der Waals surface area contributed by atoms with Gasteiger partial charge >= 0.3 is 0 Å². The molecule has 0 saturated carbocycles. The second-order valence-electron chi connectivity index (χ2n) is 6.63. The van der Waals surface area contributed by atoms with Gasteiger partial charge in [-0.05, 0) is 61.4 Å². The lowest BCUT2D eigenvalue weighted by Gasteiger charge is -2.39. The third-order valence-electron chi connectivity index (χ3n) is 4.53. The Balaban J connectivity index is 1.88. The Morgan fingerprint density at radius 2 is 1.73 bits per heavy atom. The van der Waals surface area contributed by atoms with Crippen LogP contribution in [0.25, 0.3) is 0 Å². The van der Waals surface area contributed by atoms with Crippen molar-refractivity contribution in [2.75, 3.05) is 15.5 Å². The molecule has 0 bridgehead atoms. The summed E-state index contributed by atoms with van der Waals surface area (Å²) in [6.45, 7) is 5.12. The number of hydrogen-bond donors (Lipinski definition) is 2. The number of rotatable bonds is 3. The van der Waals surface area contributed by atoms with Gasteiger partial charge in [0.25, 0.3) is 0 Å². The maximum Gasteiger partial charge on any atom is 0.224 e. The number of carbonyl (C=O) groups excluding carboxylic acids is 2. The molecule has 2 aromatic rings. The molecule has 6 heteroatoms. The summed E-state index contributed by atoms with van der Waals surface area (Å²) < 4.78 is 0. The number of anilines is 3. The lowest BCUT2D eigenvalue weighted by atomic mass is 9.91. The molecule has 2 N–H and O–H groups in total. The second kappa shape index (κ2) is 7.38. The van der Waals surface area contributed by atoms with E-state index in [2.05, 4.69) is 10.6 Å². The van der Waals surface area contributed by atoms with E-state index < -0.39 is 0 Å². The van der Waals surface area contributed by atoms with Gasteiger partial charge in [0.05, 0.1) is 6.04 Å². The van der Waals surface area contributed by atoms with Crippen molar-refractivity contribution in [3.05, 3.63) is 53.1 Å². The molecule has 0 spiro atoms. The van der Waals surface area contributed by atoms with Crippen molar-refractivity contribution in [1.29, 1.82) is 0 Å². The van der Waals surface area contributed by atoms with Crippen molar-refractivity contribution >= 4 is 40.5 Å². The predicted octanol–water partition coefficient (Wildman–Crippen LogP) is 4.60. The van der Waals surface area contributed by atoms with Gasteiger partial charge in [0.2, 0.25) is 11.8 Å². The predicted molar refractivity (Wildman–Crippen MR) is 106 cm³/mol. The van der Waals surface area contributed by atoms with Gasteiger partial charge in [0.1, 0.15) is 0 Å². The van der Waals surface area contributed by atoms with E-state index in [-0.39, 0.29) is 23.9 Å². The van der Waals surface area contributed by atoms with Gasteiger partial charge in [0.15, 0.2) is 0 Å². The highest BCUT2D eigenvalue weighted by atomic mass is 35.5. The van der Waals surface area contributed by atoms with E-state index >= 15 is 0 Å². The third-order valence-corrected chi connectivity index (χ3v) is 4.76. The Bertz CT molecular complexity index is 835.